The summed E-state index contributed by atoms with van der Waals surface area (Å²) in [5.74, 6) is -0.550. The van der Waals surface area contributed by atoms with Crippen LogP contribution < -0.4 is 5.32 Å². The van der Waals surface area contributed by atoms with E-state index in [-0.39, 0.29) is 16.7 Å². The summed E-state index contributed by atoms with van der Waals surface area (Å²) in [5, 5.41) is 2.53. The number of esters is 1. The van der Waals surface area contributed by atoms with Crippen molar-refractivity contribution in [2.75, 3.05) is 26.6 Å². The maximum Gasteiger partial charge on any atom is 0.413 e. The van der Waals surface area contributed by atoms with Crippen LogP contribution in [0.4, 0.5) is 9.93 Å². The van der Waals surface area contributed by atoms with Gasteiger partial charge in [-0.3, -0.25) is 10.3 Å². The molecule has 0 radical (unpaired) electrons. The fourth-order valence-electron chi connectivity index (χ4n) is 0.888. The van der Waals surface area contributed by atoms with Crippen molar-refractivity contribution in [3.63, 3.8) is 0 Å². The normalized spacial score (nSPS) is 10.9. The minimum Gasteiger partial charge on any atom is -0.464 e. The molecule has 0 saturated carbocycles. The van der Waals surface area contributed by atoms with Crippen LogP contribution in [0.25, 0.3) is 0 Å². The average molecular weight is 258 g/mol. The minimum atomic E-state index is -0.666. The summed E-state index contributed by atoms with van der Waals surface area (Å²) < 4.78 is 12.8. The van der Waals surface area contributed by atoms with Crippen LogP contribution >= 0.6 is 11.5 Å². The van der Waals surface area contributed by atoms with Gasteiger partial charge in [-0.05, 0) is 0 Å². The van der Waals surface area contributed by atoms with Crippen LogP contribution in [-0.4, -0.2) is 48.4 Å². The quantitative estimate of drug-likeness (QED) is 0.618. The van der Waals surface area contributed by atoms with Crippen molar-refractivity contribution in [3.05, 3.63) is 5.82 Å². The number of aromatic nitrogens is 2. The van der Waals surface area contributed by atoms with Crippen LogP contribution in [0.3, 0.4) is 0 Å². The first-order valence-corrected chi connectivity index (χ1v) is 5.13. The summed E-state index contributed by atoms with van der Waals surface area (Å²) in [5.41, 5.74) is -0.0123. The molecular formula is C8H10N4O4S. The van der Waals surface area contributed by atoms with Gasteiger partial charge < -0.3 is 9.47 Å². The number of rotatable bonds is 3. The number of hydrogen-bond acceptors (Lipinski definition) is 8. The SMILES string of the molecule is CN=C(C(=O)OC)c1nsc(NC(=O)OC)n1. The summed E-state index contributed by atoms with van der Waals surface area (Å²) in [7, 11) is 3.87. The van der Waals surface area contributed by atoms with E-state index < -0.39 is 12.1 Å². The molecule has 17 heavy (non-hydrogen) atoms. The molecule has 0 saturated heterocycles. The van der Waals surface area contributed by atoms with Crippen molar-refractivity contribution in [3.8, 4) is 0 Å². The highest BCUT2D eigenvalue weighted by Gasteiger charge is 2.19. The van der Waals surface area contributed by atoms with E-state index in [4.69, 9.17) is 0 Å². The largest absolute Gasteiger partial charge is 0.464 e. The van der Waals surface area contributed by atoms with Gasteiger partial charge in [0, 0.05) is 18.6 Å². The Kier molecular flexibility index (Phi) is 4.52. The maximum atomic E-state index is 11.3. The Bertz CT molecular complexity index is 456. The second-order valence-electron chi connectivity index (χ2n) is 2.60. The summed E-state index contributed by atoms with van der Waals surface area (Å²) >= 11 is 0.903. The molecular weight excluding hydrogens is 248 g/mol. The summed E-state index contributed by atoms with van der Waals surface area (Å²) in [4.78, 5) is 29.8. The lowest BCUT2D eigenvalue weighted by atomic mass is 10.3. The Morgan fingerprint density at radius 1 is 1.35 bits per heavy atom. The van der Waals surface area contributed by atoms with E-state index in [9.17, 15) is 9.59 Å². The predicted molar refractivity (Wildman–Crippen MR) is 60.4 cm³/mol. The molecule has 1 aromatic heterocycles. The minimum absolute atomic E-state index is 0.0123. The molecule has 0 atom stereocenters. The number of hydrogen-bond donors (Lipinski definition) is 1. The topological polar surface area (TPSA) is 103 Å². The standard InChI is InChI=1S/C8H10N4O4S/c1-9-4(6(13)15-2)5-10-7(17-12-5)11-8(14)16-3/h1-3H3,(H,10,11,12,14). The number of nitrogens with zero attached hydrogens (tertiary/aromatic N) is 3. The molecule has 0 aliphatic rings. The fourth-order valence-corrected chi connectivity index (χ4v) is 1.44. The molecule has 0 spiro atoms. The van der Waals surface area contributed by atoms with E-state index in [0.29, 0.717) is 0 Å². The van der Waals surface area contributed by atoms with Gasteiger partial charge in [0.25, 0.3) is 0 Å². The Morgan fingerprint density at radius 2 is 2.06 bits per heavy atom. The molecule has 0 bridgehead atoms. The highest BCUT2D eigenvalue weighted by Crippen LogP contribution is 2.12. The van der Waals surface area contributed by atoms with Gasteiger partial charge in [-0.25, -0.2) is 9.59 Å². The third kappa shape index (κ3) is 3.21. The molecule has 0 aromatic carbocycles. The Hall–Kier alpha value is -2.03. The molecule has 92 valence electrons. The highest BCUT2D eigenvalue weighted by molar-refractivity contribution is 7.10. The molecule has 8 nitrogen and oxygen atoms in total. The number of aliphatic imine (C=N–C) groups is 1. The molecule has 9 heteroatoms. The number of nitrogens with one attached hydrogen (secondary N) is 1. The van der Waals surface area contributed by atoms with Gasteiger partial charge in [0.2, 0.25) is 11.0 Å². The molecule has 1 heterocycles. The lowest BCUT2D eigenvalue weighted by Gasteiger charge is -1.98. The monoisotopic (exact) mass is 258 g/mol. The van der Waals surface area contributed by atoms with Crippen molar-refractivity contribution < 1.29 is 19.1 Å². The summed E-state index contributed by atoms with van der Waals surface area (Å²) in [6.07, 6.45) is -0.666. The third-order valence-corrected chi connectivity index (χ3v) is 2.27. The molecule has 1 aromatic rings. The first-order chi connectivity index (χ1) is 8.12. The zero-order valence-corrected chi connectivity index (χ0v) is 10.2. The van der Waals surface area contributed by atoms with E-state index in [1.54, 1.807) is 0 Å². The summed E-state index contributed by atoms with van der Waals surface area (Å²) in [6, 6.07) is 0. The van der Waals surface area contributed by atoms with Crippen LogP contribution in [0.5, 0.6) is 0 Å². The zero-order chi connectivity index (χ0) is 12.8. The van der Waals surface area contributed by atoms with Gasteiger partial charge in [0.15, 0.2) is 5.71 Å². The Labute approximate surface area is 101 Å². The van der Waals surface area contributed by atoms with Crippen LogP contribution in [0, 0.1) is 0 Å². The van der Waals surface area contributed by atoms with Crippen molar-refractivity contribution >= 4 is 34.4 Å². The number of carbonyl (C=O) groups is 2. The highest BCUT2D eigenvalue weighted by atomic mass is 32.1. The maximum absolute atomic E-state index is 11.3. The van der Waals surface area contributed by atoms with Crippen molar-refractivity contribution in [2.45, 2.75) is 0 Å². The average Bonchev–Trinajstić information content (AvgIpc) is 2.77. The number of methoxy groups -OCH3 is 2. The molecule has 1 amide bonds. The van der Waals surface area contributed by atoms with Crippen LogP contribution in [0.1, 0.15) is 5.82 Å². The van der Waals surface area contributed by atoms with Gasteiger partial charge in [-0.15, -0.1) is 0 Å². The molecule has 0 aliphatic heterocycles. The fraction of sp³-hybridized carbons (Fsp3) is 0.375. The smallest absolute Gasteiger partial charge is 0.413 e. The van der Waals surface area contributed by atoms with Gasteiger partial charge in [0.1, 0.15) is 0 Å². The number of amides is 1. The van der Waals surface area contributed by atoms with E-state index in [1.807, 2.05) is 0 Å². The van der Waals surface area contributed by atoms with Crippen LogP contribution in [0.15, 0.2) is 4.99 Å². The third-order valence-electron chi connectivity index (χ3n) is 1.63. The number of ether oxygens (including phenoxy) is 2. The van der Waals surface area contributed by atoms with E-state index in [0.717, 1.165) is 11.5 Å². The lowest BCUT2D eigenvalue weighted by Crippen LogP contribution is -2.18. The molecule has 1 N–H and O–H groups in total. The van der Waals surface area contributed by atoms with Gasteiger partial charge >= 0.3 is 12.1 Å². The second kappa shape index (κ2) is 5.89. The van der Waals surface area contributed by atoms with Crippen molar-refractivity contribution in [1.82, 2.24) is 9.36 Å². The van der Waals surface area contributed by atoms with Gasteiger partial charge in [0.05, 0.1) is 14.2 Å². The Morgan fingerprint density at radius 3 is 2.59 bits per heavy atom. The van der Waals surface area contributed by atoms with E-state index in [2.05, 4.69) is 29.1 Å². The van der Waals surface area contributed by atoms with Gasteiger partial charge in [-0.2, -0.15) is 9.36 Å². The lowest BCUT2D eigenvalue weighted by molar-refractivity contribution is -0.132. The molecule has 0 aliphatic carbocycles. The van der Waals surface area contributed by atoms with E-state index >= 15 is 0 Å². The van der Waals surface area contributed by atoms with Gasteiger partial charge in [-0.1, -0.05) is 0 Å². The molecule has 1 rings (SSSR count). The molecule has 0 unspecified atom stereocenters. The second-order valence-corrected chi connectivity index (χ2v) is 3.36. The first kappa shape index (κ1) is 13.0. The number of carbonyl (C=O) groups excluding carboxylic acids is 2. The van der Waals surface area contributed by atoms with Crippen molar-refractivity contribution in [1.29, 1.82) is 0 Å². The van der Waals surface area contributed by atoms with Crippen molar-refractivity contribution in [2.24, 2.45) is 4.99 Å². The predicted octanol–water partition coefficient (Wildman–Crippen LogP) is 0.308. The van der Waals surface area contributed by atoms with Crippen LogP contribution in [-0.2, 0) is 14.3 Å². The number of anilines is 1. The van der Waals surface area contributed by atoms with E-state index in [1.165, 1.54) is 21.3 Å². The first-order valence-electron chi connectivity index (χ1n) is 4.36. The molecule has 0 fully saturated rings. The Balaban J connectivity index is 2.87. The summed E-state index contributed by atoms with van der Waals surface area (Å²) in [6.45, 7) is 0. The van der Waals surface area contributed by atoms with Crippen LogP contribution in [0.2, 0.25) is 0 Å². The zero-order valence-electron chi connectivity index (χ0n) is 9.38.